The van der Waals surface area contributed by atoms with Crippen molar-refractivity contribution in [1.29, 1.82) is 0 Å². The molecule has 1 saturated heterocycles. The number of piperidine rings is 1. The van der Waals surface area contributed by atoms with Crippen molar-refractivity contribution < 1.29 is 4.74 Å². The third-order valence-corrected chi connectivity index (χ3v) is 4.10. The number of methoxy groups -OCH3 is 1. The van der Waals surface area contributed by atoms with Crippen LogP contribution in [0.15, 0.2) is 12.1 Å². The first kappa shape index (κ1) is 17.0. The van der Waals surface area contributed by atoms with Gasteiger partial charge in [0.15, 0.2) is 0 Å². The number of hydrogen-bond acceptors (Lipinski definition) is 3. The van der Waals surface area contributed by atoms with Gasteiger partial charge in [-0.3, -0.25) is 4.90 Å². The van der Waals surface area contributed by atoms with Crippen molar-refractivity contribution in [3.63, 3.8) is 0 Å². The van der Waals surface area contributed by atoms with Gasteiger partial charge >= 0.3 is 0 Å². The molecule has 0 atom stereocenters. The highest BCUT2D eigenvalue weighted by atomic mass is 16.5. The molecule has 2 N–H and O–H groups in total. The molecule has 2 rings (SSSR count). The quantitative estimate of drug-likeness (QED) is 0.922. The van der Waals surface area contributed by atoms with Gasteiger partial charge in [0.25, 0.3) is 0 Å². The fourth-order valence-electron chi connectivity index (χ4n) is 2.60. The van der Waals surface area contributed by atoms with Crippen LogP contribution in [0.3, 0.4) is 0 Å². The van der Waals surface area contributed by atoms with Crippen LogP contribution in [0.5, 0.6) is 5.75 Å². The Hall–Kier alpha value is -1.06. The molecule has 0 saturated carbocycles. The summed E-state index contributed by atoms with van der Waals surface area (Å²) in [5.41, 5.74) is 9.95. The van der Waals surface area contributed by atoms with Crippen molar-refractivity contribution in [3.05, 3.63) is 28.8 Å². The monoisotopic (exact) mass is 278 g/mol. The van der Waals surface area contributed by atoms with E-state index in [0.29, 0.717) is 6.04 Å². The average molecular weight is 278 g/mol. The summed E-state index contributed by atoms with van der Waals surface area (Å²) in [4.78, 5) is 2.50. The average Bonchev–Trinajstić information content (AvgIpc) is 2.48. The fraction of sp³-hybridized carbons (Fsp3) is 0.647. The van der Waals surface area contributed by atoms with Gasteiger partial charge < -0.3 is 10.5 Å². The molecule has 0 radical (unpaired) electrons. The summed E-state index contributed by atoms with van der Waals surface area (Å²) in [6, 6.07) is 4.67. The van der Waals surface area contributed by atoms with Crippen LogP contribution in [0.4, 0.5) is 0 Å². The fourth-order valence-corrected chi connectivity index (χ4v) is 2.60. The molecule has 1 aliphatic rings. The van der Waals surface area contributed by atoms with E-state index in [9.17, 15) is 0 Å². The number of hydrogen-bond donors (Lipinski definition) is 1. The number of nitrogens with two attached hydrogens (primary N) is 1. The highest BCUT2D eigenvalue weighted by Gasteiger charge is 2.17. The van der Waals surface area contributed by atoms with Crippen LogP contribution < -0.4 is 10.5 Å². The Morgan fingerprint density at radius 1 is 1.15 bits per heavy atom. The van der Waals surface area contributed by atoms with E-state index < -0.39 is 0 Å². The number of ether oxygens (including phenoxy) is 1. The molecule has 0 aromatic heterocycles. The summed E-state index contributed by atoms with van der Waals surface area (Å²) in [6.45, 7) is 11.6. The Morgan fingerprint density at radius 3 is 2.30 bits per heavy atom. The molecule has 0 amide bonds. The maximum Gasteiger partial charge on any atom is 0.122 e. The minimum atomic E-state index is 0.403. The van der Waals surface area contributed by atoms with E-state index in [1.807, 2.05) is 13.8 Å². The second-order valence-corrected chi connectivity index (χ2v) is 5.29. The van der Waals surface area contributed by atoms with E-state index in [1.165, 1.54) is 16.7 Å². The third-order valence-electron chi connectivity index (χ3n) is 4.10. The lowest BCUT2D eigenvalue weighted by atomic mass is 10.00. The molecule has 114 valence electrons. The Bertz CT molecular complexity index is 410. The molecule has 1 aromatic rings. The van der Waals surface area contributed by atoms with Gasteiger partial charge in [-0.25, -0.2) is 0 Å². The molecule has 0 spiro atoms. The second kappa shape index (κ2) is 8.28. The zero-order valence-electron chi connectivity index (χ0n) is 13.7. The Balaban J connectivity index is 0.000000956. The van der Waals surface area contributed by atoms with Crippen LogP contribution in [-0.4, -0.2) is 31.1 Å². The van der Waals surface area contributed by atoms with Crippen molar-refractivity contribution in [1.82, 2.24) is 4.90 Å². The standard InChI is InChI=1S/C15H24N2O.C2H6/c1-11-12(2)15(18-3)5-4-13(11)10-17-8-6-14(16)7-9-17;1-2/h4-5,14H,6-10,16H2,1-3H3;1-2H3. The van der Waals surface area contributed by atoms with Crippen molar-refractivity contribution >= 4 is 0 Å². The Labute approximate surface area is 124 Å². The van der Waals surface area contributed by atoms with Crippen LogP contribution in [0.25, 0.3) is 0 Å². The third kappa shape index (κ3) is 4.22. The summed E-state index contributed by atoms with van der Waals surface area (Å²) in [6.07, 6.45) is 2.24. The predicted molar refractivity (Wildman–Crippen MR) is 86.3 cm³/mol. The summed E-state index contributed by atoms with van der Waals surface area (Å²) in [5.74, 6) is 0.983. The van der Waals surface area contributed by atoms with Gasteiger partial charge in [0.2, 0.25) is 0 Å². The number of nitrogens with zero attached hydrogens (tertiary/aromatic N) is 1. The first-order valence-electron chi connectivity index (χ1n) is 7.73. The summed E-state index contributed by atoms with van der Waals surface area (Å²) in [5, 5.41) is 0. The Kier molecular flexibility index (Phi) is 7.03. The van der Waals surface area contributed by atoms with Crippen LogP contribution in [-0.2, 0) is 6.54 Å². The zero-order valence-corrected chi connectivity index (χ0v) is 13.7. The predicted octanol–water partition coefficient (Wildman–Crippen LogP) is 3.26. The van der Waals surface area contributed by atoms with Crippen LogP contribution in [0, 0.1) is 13.8 Å². The largest absolute Gasteiger partial charge is 0.496 e. The van der Waals surface area contributed by atoms with Crippen molar-refractivity contribution in [2.45, 2.75) is 53.1 Å². The van der Waals surface area contributed by atoms with Crippen LogP contribution in [0.1, 0.15) is 43.4 Å². The summed E-state index contributed by atoms with van der Waals surface area (Å²) >= 11 is 0. The van der Waals surface area contributed by atoms with Crippen LogP contribution in [0.2, 0.25) is 0 Å². The summed E-state index contributed by atoms with van der Waals surface area (Å²) in [7, 11) is 1.73. The first-order chi connectivity index (χ1) is 9.61. The van der Waals surface area contributed by atoms with Crippen molar-refractivity contribution in [2.24, 2.45) is 5.73 Å². The normalized spacial score (nSPS) is 16.5. The highest BCUT2D eigenvalue weighted by Crippen LogP contribution is 2.25. The first-order valence-corrected chi connectivity index (χ1v) is 7.73. The molecule has 0 bridgehead atoms. The van der Waals surface area contributed by atoms with Gasteiger partial charge in [-0.15, -0.1) is 0 Å². The second-order valence-electron chi connectivity index (χ2n) is 5.29. The van der Waals surface area contributed by atoms with Gasteiger partial charge in [-0.2, -0.15) is 0 Å². The molecule has 1 aliphatic heterocycles. The van der Waals surface area contributed by atoms with E-state index in [4.69, 9.17) is 10.5 Å². The Morgan fingerprint density at radius 2 is 1.75 bits per heavy atom. The maximum absolute atomic E-state index is 5.94. The molecular weight excluding hydrogens is 248 g/mol. The number of benzene rings is 1. The summed E-state index contributed by atoms with van der Waals surface area (Å²) < 4.78 is 5.35. The molecule has 20 heavy (non-hydrogen) atoms. The topological polar surface area (TPSA) is 38.5 Å². The number of rotatable bonds is 3. The molecule has 3 nitrogen and oxygen atoms in total. The maximum atomic E-state index is 5.94. The van der Waals surface area contributed by atoms with E-state index in [0.717, 1.165) is 38.2 Å². The van der Waals surface area contributed by atoms with Gasteiger partial charge in [-0.1, -0.05) is 19.9 Å². The molecule has 1 fully saturated rings. The van der Waals surface area contributed by atoms with Gasteiger partial charge in [0.1, 0.15) is 5.75 Å². The lowest BCUT2D eigenvalue weighted by Crippen LogP contribution is -2.39. The van der Waals surface area contributed by atoms with Gasteiger partial charge in [0, 0.05) is 12.6 Å². The van der Waals surface area contributed by atoms with Crippen molar-refractivity contribution in [2.75, 3.05) is 20.2 Å². The van der Waals surface area contributed by atoms with E-state index in [2.05, 4.69) is 30.9 Å². The molecule has 1 aromatic carbocycles. The van der Waals surface area contributed by atoms with E-state index in [-0.39, 0.29) is 0 Å². The van der Waals surface area contributed by atoms with Crippen LogP contribution >= 0.6 is 0 Å². The lowest BCUT2D eigenvalue weighted by Gasteiger charge is -2.30. The van der Waals surface area contributed by atoms with E-state index >= 15 is 0 Å². The minimum absolute atomic E-state index is 0.403. The lowest BCUT2D eigenvalue weighted by molar-refractivity contribution is 0.205. The smallest absolute Gasteiger partial charge is 0.122 e. The van der Waals surface area contributed by atoms with Gasteiger partial charge in [0.05, 0.1) is 7.11 Å². The highest BCUT2D eigenvalue weighted by molar-refractivity contribution is 5.43. The van der Waals surface area contributed by atoms with E-state index in [1.54, 1.807) is 7.11 Å². The van der Waals surface area contributed by atoms with Crippen molar-refractivity contribution in [3.8, 4) is 5.75 Å². The molecule has 3 heteroatoms. The molecule has 0 unspecified atom stereocenters. The molecule has 1 heterocycles. The number of likely N-dealkylation sites (tertiary alicyclic amines) is 1. The zero-order chi connectivity index (χ0) is 15.1. The van der Waals surface area contributed by atoms with Gasteiger partial charge in [-0.05, 0) is 62.5 Å². The minimum Gasteiger partial charge on any atom is -0.496 e. The molecular formula is C17H30N2O. The molecule has 0 aliphatic carbocycles. The SMILES string of the molecule is CC.COc1ccc(CN2CCC(N)CC2)c(C)c1C.